The monoisotopic (exact) mass is 283 g/mol. The fraction of sp³-hybridized carbons (Fsp3) is 0.0667. The second kappa shape index (κ2) is 5.71. The topological polar surface area (TPSA) is 46.9 Å². The summed E-state index contributed by atoms with van der Waals surface area (Å²) >= 11 is 1.59. The fourth-order valence-corrected chi connectivity index (χ4v) is 2.60. The number of thiophene rings is 1. The van der Waals surface area contributed by atoms with Gasteiger partial charge in [0.1, 0.15) is 0 Å². The van der Waals surface area contributed by atoms with E-state index in [1.54, 1.807) is 22.2 Å². The van der Waals surface area contributed by atoms with Gasteiger partial charge in [-0.15, -0.1) is 11.3 Å². The predicted molar refractivity (Wildman–Crippen MR) is 80.2 cm³/mol. The lowest BCUT2D eigenvalue weighted by Crippen LogP contribution is -2.13. The summed E-state index contributed by atoms with van der Waals surface area (Å²) in [6.45, 7) is 0. The minimum Gasteiger partial charge on any atom is -0.326 e. The molecule has 0 saturated heterocycles. The van der Waals surface area contributed by atoms with Gasteiger partial charge in [-0.25, -0.2) is 4.68 Å². The van der Waals surface area contributed by atoms with Crippen molar-refractivity contribution in [1.29, 1.82) is 0 Å². The SMILES string of the molecule is O=C(Cc1cccs1)Nc1ccc(-n2cccn2)cc1. The summed E-state index contributed by atoms with van der Waals surface area (Å²) < 4.78 is 1.78. The van der Waals surface area contributed by atoms with Crippen molar-refractivity contribution in [2.45, 2.75) is 6.42 Å². The molecule has 0 unspecified atom stereocenters. The molecule has 0 fully saturated rings. The van der Waals surface area contributed by atoms with Gasteiger partial charge < -0.3 is 5.32 Å². The van der Waals surface area contributed by atoms with Crippen LogP contribution in [0.4, 0.5) is 5.69 Å². The Morgan fingerprint density at radius 1 is 1.20 bits per heavy atom. The third kappa shape index (κ3) is 2.95. The van der Waals surface area contributed by atoms with E-state index in [0.717, 1.165) is 16.3 Å². The Morgan fingerprint density at radius 3 is 2.70 bits per heavy atom. The van der Waals surface area contributed by atoms with E-state index in [4.69, 9.17) is 0 Å². The highest BCUT2D eigenvalue weighted by Gasteiger charge is 2.05. The molecule has 0 radical (unpaired) electrons. The lowest BCUT2D eigenvalue weighted by atomic mass is 10.2. The molecule has 2 aromatic heterocycles. The molecule has 0 aliphatic carbocycles. The van der Waals surface area contributed by atoms with Crippen LogP contribution in [-0.2, 0) is 11.2 Å². The first-order valence-corrected chi connectivity index (χ1v) is 7.11. The Labute approximate surface area is 120 Å². The smallest absolute Gasteiger partial charge is 0.229 e. The van der Waals surface area contributed by atoms with Crippen LogP contribution in [0.15, 0.2) is 60.2 Å². The summed E-state index contributed by atoms with van der Waals surface area (Å²) in [4.78, 5) is 12.9. The van der Waals surface area contributed by atoms with E-state index in [0.29, 0.717) is 6.42 Å². The first kappa shape index (κ1) is 12.6. The number of amides is 1. The van der Waals surface area contributed by atoms with Crippen molar-refractivity contribution >= 4 is 22.9 Å². The first-order chi connectivity index (χ1) is 9.81. The van der Waals surface area contributed by atoms with Crippen LogP contribution in [0.3, 0.4) is 0 Å². The molecule has 1 N–H and O–H groups in total. The Morgan fingerprint density at radius 2 is 2.05 bits per heavy atom. The number of hydrogen-bond donors (Lipinski definition) is 1. The van der Waals surface area contributed by atoms with E-state index in [1.165, 1.54) is 0 Å². The summed E-state index contributed by atoms with van der Waals surface area (Å²) in [6, 6.07) is 13.4. The maximum absolute atomic E-state index is 11.9. The van der Waals surface area contributed by atoms with Gasteiger partial charge >= 0.3 is 0 Å². The van der Waals surface area contributed by atoms with Crippen LogP contribution in [0, 0.1) is 0 Å². The van der Waals surface area contributed by atoms with Gasteiger partial charge in [-0.3, -0.25) is 4.79 Å². The molecule has 0 saturated carbocycles. The van der Waals surface area contributed by atoms with Crippen molar-refractivity contribution in [2.75, 3.05) is 5.32 Å². The summed E-state index contributed by atoms with van der Waals surface area (Å²) in [5.74, 6) is -0.000658. The number of nitrogens with zero attached hydrogens (tertiary/aromatic N) is 2. The molecule has 1 amide bonds. The highest BCUT2D eigenvalue weighted by Crippen LogP contribution is 2.14. The molecule has 0 aliphatic heterocycles. The van der Waals surface area contributed by atoms with Crippen LogP contribution < -0.4 is 5.32 Å². The molecule has 0 atom stereocenters. The van der Waals surface area contributed by atoms with Gasteiger partial charge in [0.15, 0.2) is 0 Å². The van der Waals surface area contributed by atoms with Crippen molar-refractivity contribution in [3.05, 3.63) is 65.1 Å². The number of carbonyl (C=O) groups excluding carboxylic acids is 1. The van der Waals surface area contributed by atoms with E-state index < -0.39 is 0 Å². The van der Waals surface area contributed by atoms with E-state index in [2.05, 4.69) is 10.4 Å². The number of benzene rings is 1. The lowest BCUT2D eigenvalue weighted by Gasteiger charge is -2.06. The summed E-state index contributed by atoms with van der Waals surface area (Å²) in [5.41, 5.74) is 1.76. The number of rotatable bonds is 4. The fourth-order valence-electron chi connectivity index (χ4n) is 1.90. The number of aromatic nitrogens is 2. The molecular formula is C15H13N3OS. The first-order valence-electron chi connectivity index (χ1n) is 6.23. The summed E-state index contributed by atoms with van der Waals surface area (Å²) in [7, 11) is 0. The van der Waals surface area contributed by atoms with Crippen molar-refractivity contribution in [3.8, 4) is 5.69 Å². The van der Waals surface area contributed by atoms with Crippen LogP contribution in [0.5, 0.6) is 0 Å². The summed E-state index contributed by atoms with van der Waals surface area (Å²) in [6.07, 6.45) is 4.03. The molecule has 20 heavy (non-hydrogen) atoms. The Kier molecular flexibility index (Phi) is 3.60. The second-order valence-corrected chi connectivity index (χ2v) is 5.33. The molecule has 4 nitrogen and oxygen atoms in total. The van der Waals surface area contributed by atoms with Gasteiger partial charge in [0.25, 0.3) is 0 Å². The summed E-state index contributed by atoms with van der Waals surface area (Å²) in [5, 5.41) is 9.02. The zero-order valence-electron chi connectivity index (χ0n) is 10.7. The van der Waals surface area contributed by atoms with Gasteiger partial charge in [0, 0.05) is 23.0 Å². The number of carbonyl (C=O) groups is 1. The molecule has 0 spiro atoms. The quantitative estimate of drug-likeness (QED) is 0.799. The zero-order chi connectivity index (χ0) is 13.8. The van der Waals surface area contributed by atoms with Gasteiger partial charge in [-0.1, -0.05) is 6.07 Å². The van der Waals surface area contributed by atoms with Crippen molar-refractivity contribution in [2.24, 2.45) is 0 Å². The van der Waals surface area contributed by atoms with Crippen molar-refractivity contribution < 1.29 is 4.79 Å². The minimum absolute atomic E-state index is 0.000658. The van der Waals surface area contributed by atoms with E-state index in [9.17, 15) is 4.79 Å². The Hall–Kier alpha value is -2.40. The van der Waals surface area contributed by atoms with E-state index in [-0.39, 0.29) is 5.91 Å². The molecule has 0 bridgehead atoms. The van der Waals surface area contributed by atoms with Crippen LogP contribution in [-0.4, -0.2) is 15.7 Å². The highest BCUT2D eigenvalue weighted by molar-refractivity contribution is 7.10. The maximum Gasteiger partial charge on any atom is 0.229 e. The van der Waals surface area contributed by atoms with Gasteiger partial charge in [-0.05, 0) is 41.8 Å². The zero-order valence-corrected chi connectivity index (χ0v) is 11.5. The molecule has 3 rings (SSSR count). The van der Waals surface area contributed by atoms with Crippen LogP contribution in [0.1, 0.15) is 4.88 Å². The lowest BCUT2D eigenvalue weighted by molar-refractivity contribution is -0.115. The Bertz CT molecular complexity index is 673. The minimum atomic E-state index is -0.000658. The number of hydrogen-bond acceptors (Lipinski definition) is 3. The number of nitrogens with one attached hydrogen (secondary N) is 1. The highest BCUT2D eigenvalue weighted by atomic mass is 32.1. The Balaban J connectivity index is 1.65. The van der Waals surface area contributed by atoms with E-state index >= 15 is 0 Å². The van der Waals surface area contributed by atoms with Crippen LogP contribution in [0.2, 0.25) is 0 Å². The molecule has 1 aromatic carbocycles. The van der Waals surface area contributed by atoms with Crippen molar-refractivity contribution in [1.82, 2.24) is 9.78 Å². The normalized spacial score (nSPS) is 10.4. The van der Waals surface area contributed by atoms with Crippen LogP contribution in [0.25, 0.3) is 5.69 Å². The molecule has 3 aromatic rings. The average Bonchev–Trinajstić information content (AvgIpc) is 3.12. The standard InChI is InChI=1S/C15H13N3OS/c19-15(11-14-3-1-10-20-14)17-12-4-6-13(7-5-12)18-9-2-8-16-18/h1-10H,11H2,(H,17,19). The van der Waals surface area contributed by atoms with Gasteiger partial charge in [0.05, 0.1) is 12.1 Å². The maximum atomic E-state index is 11.9. The molecule has 0 aliphatic rings. The average molecular weight is 283 g/mol. The third-order valence-electron chi connectivity index (χ3n) is 2.83. The third-order valence-corrected chi connectivity index (χ3v) is 3.71. The molecule has 2 heterocycles. The van der Waals surface area contributed by atoms with Gasteiger partial charge in [-0.2, -0.15) is 5.10 Å². The molecule has 5 heteroatoms. The van der Waals surface area contributed by atoms with Gasteiger partial charge in [0.2, 0.25) is 5.91 Å². The largest absolute Gasteiger partial charge is 0.326 e. The molecule has 100 valence electrons. The van der Waals surface area contributed by atoms with Crippen molar-refractivity contribution in [3.63, 3.8) is 0 Å². The van der Waals surface area contributed by atoms with E-state index in [1.807, 2.05) is 54.0 Å². The predicted octanol–water partition coefficient (Wildman–Crippen LogP) is 3.12. The number of anilines is 1. The second-order valence-electron chi connectivity index (χ2n) is 4.30. The molecular weight excluding hydrogens is 270 g/mol. The van der Waals surface area contributed by atoms with Crippen LogP contribution >= 0.6 is 11.3 Å².